The molecule has 0 spiro atoms. The molecule has 146 heavy (non-hydrogen) atoms. The monoisotopic (exact) mass is 2000 g/mol. The summed E-state index contributed by atoms with van der Waals surface area (Å²) < 4.78 is 108. The fourth-order valence-electron chi connectivity index (χ4n) is 18.9. The summed E-state index contributed by atoms with van der Waals surface area (Å²) in [6, 6.07) is 85.5. The van der Waals surface area contributed by atoms with Crippen molar-refractivity contribution in [1.29, 1.82) is 0 Å². The summed E-state index contributed by atoms with van der Waals surface area (Å²) in [6.45, 7) is 1.08. The van der Waals surface area contributed by atoms with Crippen LogP contribution in [0, 0.1) is 11.6 Å². The molecule has 0 bridgehead atoms. The summed E-state index contributed by atoms with van der Waals surface area (Å²) >= 11 is 5.94. The lowest BCUT2D eigenvalue weighted by Crippen LogP contribution is -2.28. The minimum Gasteiger partial charge on any atom is -0.478 e. The molecule has 10 aliphatic rings. The van der Waals surface area contributed by atoms with Gasteiger partial charge in [-0.05, 0) is 267 Å². The lowest BCUT2D eigenvalue weighted by atomic mass is 9.88. The Labute approximate surface area is 846 Å². The van der Waals surface area contributed by atoms with Crippen LogP contribution in [0.4, 0.5) is 14.6 Å². The van der Waals surface area contributed by atoms with Gasteiger partial charge in [-0.2, -0.15) is 0 Å². The van der Waals surface area contributed by atoms with Crippen LogP contribution < -0.4 is 57.4 Å². The number of sulfonamides is 1. The van der Waals surface area contributed by atoms with E-state index in [0.717, 1.165) is 183 Å². The molecule has 5 aromatic heterocycles. The number of pyridine rings is 5. The number of benzene rings is 10. The van der Waals surface area contributed by atoms with Crippen molar-refractivity contribution >= 4 is 62.5 Å². The van der Waals surface area contributed by atoms with E-state index in [4.69, 9.17) is 64.1 Å². The van der Waals surface area contributed by atoms with Gasteiger partial charge in [-0.1, -0.05) is 145 Å². The van der Waals surface area contributed by atoms with E-state index < -0.39 is 49.3 Å². The SMILES string of the molecule is CNS(=O)(=O)c1ccc(-c2cccc(NC(=O)C3(c4ccc5c(c4)OCO5)CC3)n2)cc1.O=C(Cc1ccc(-c2ccc(Cl)cc2)cn1)C1(c2ccc3c(c2)OCO3)CC1.O=C(Cc1ccc(-c2ccccc2)cn1)C1(c2ccc3c(c2)OCO3)CC1.O=C(Cc1cccc(-c2cccc(F)c2F)n1)C1(c2ccc3c(c2)OCO3)CC1.O=C(O)c1ccc(-c2ccc(CC(=O)C3(c4ccc5c(c4)OCO5)CC3)nc2)cc1.[HH].[HH]. The summed E-state index contributed by atoms with van der Waals surface area (Å²) in [5.74, 6) is 5.20. The molecule has 1 amide bonds. The van der Waals surface area contributed by atoms with E-state index in [9.17, 15) is 46.0 Å². The third-order valence-electron chi connectivity index (χ3n) is 28.3. The van der Waals surface area contributed by atoms with Crippen LogP contribution in [0.1, 0.15) is 128 Å². The molecule has 25 rings (SSSR count). The van der Waals surface area contributed by atoms with Gasteiger partial charge in [-0.15, -0.1) is 0 Å². The molecule has 0 saturated heterocycles. The molecule has 30 heteroatoms. The quantitative estimate of drug-likeness (QED) is 0.0430. The number of carbonyl (C=O) groups excluding carboxylic acids is 5. The maximum atomic E-state index is 14.1. The molecule has 26 nitrogen and oxygen atoms in total. The first-order valence-electron chi connectivity index (χ1n) is 47.8. The number of ketones is 4. The van der Waals surface area contributed by atoms with E-state index in [0.29, 0.717) is 69.5 Å². The molecule has 738 valence electrons. The van der Waals surface area contributed by atoms with Crippen molar-refractivity contribution in [2.24, 2.45) is 0 Å². The van der Waals surface area contributed by atoms with Crippen molar-refractivity contribution in [1.82, 2.24) is 29.6 Å². The Hall–Kier alpha value is -16.4. The van der Waals surface area contributed by atoms with Gasteiger partial charge in [0.25, 0.3) is 0 Å². The van der Waals surface area contributed by atoms with Gasteiger partial charge in [0.2, 0.25) is 49.9 Å². The number of carboxylic acids is 1. The standard InChI is InChI=1S/C24H19NO5.C23H18ClNO3.C23H17F2NO3.C23H21N3O5S.C23H19NO3.2H2/c26-22(24(9-10-24)18-6-8-20-21(11-18)30-14-29-20)12-19-7-5-17(13-25-19)15-1-3-16(4-2-15)23(27)28;24-18-5-1-15(2-6-18)16-3-7-19(25-13-16)12-22(26)23(9-10-23)17-4-8-20-21(11-17)28-14-27-20;24-17-5-2-4-16(22(17)25)18-6-1-3-15(26-18)12-21(27)23(9-10-23)14-7-8-19-20(11-14)29-13-28-19;1-24-32(28,29)17-8-5-15(6-9-17)18-3-2-4-21(25-18)26-22(27)23(11-12-23)16-7-10-19-20(13-16)31-14-30-19;25-22(13-19-8-6-17(14-24-19)16-4-2-1-3-5-16)23(10-11-23)18-7-9-20-21(12-18)27-15-26-20;;/h1-8,11,13H,9-10,12,14H2,(H,27,28);1-8,11,13H,9-10,12,14H2;1-8,11H,9-10,12-13H2;2-10,13,24H,11-12,14H2,1H3,(H,25,26,27);1-9,12,14H,10-11,13,15H2;2*1H. The van der Waals surface area contributed by atoms with E-state index in [-0.39, 0.29) is 100 Å². The number of rotatable bonds is 27. The number of hydrogen-bond acceptors (Lipinski definition) is 23. The number of carboxylic acid groups (broad SMARTS) is 1. The number of anilines is 1. The maximum Gasteiger partial charge on any atom is 0.335 e. The Morgan fingerprint density at radius 1 is 0.349 bits per heavy atom. The number of ether oxygens (including phenoxy) is 10. The van der Waals surface area contributed by atoms with Gasteiger partial charge in [0.15, 0.2) is 69.1 Å². The number of fused-ring (bicyclic) bond motifs is 5. The molecule has 0 atom stereocenters. The van der Waals surface area contributed by atoms with E-state index in [2.05, 4.69) is 47.1 Å². The minimum atomic E-state index is -3.51. The topological polar surface area (TPSA) is 338 Å². The predicted octanol–water partition coefficient (Wildman–Crippen LogP) is 21.5. The van der Waals surface area contributed by atoms with Crippen molar-refractivity contribution in [2.75, 3.05) is 46.3 Å². The van der Waals surface area contributed by atoms with Gasteiger partial charge in [-0.25, -0.2) is 31.7 Å². The summed E-state index contributed by atoms with van der Waals surface area (Å²) in [4.78, 5) is 99.1. The van der Waals surface area contributed by atoms with E-state index in [1.165, 1.54) is 31.3 Å². The van der Waals surface area contributed by atoms with Gasteiger partial charge in [0.05, 0.1) is 48.9 Å². The summed E-state index contributed by atoms with van der Waals surface area (Å²) in [5.41, 5.74) is 13.3. The Kier molecular flexibility index (Phi) is 26.3. The first kappa shape index (κ1) is 95.8. The second-order valence-electron chi connectivity index (χ2n) is 37.2. The number of Topliss-reactive ketones (excluding diaryl/α,β-unsaturated/α-hetero) is 4. The largest absolute Gasteiger partial charge is 0.478 e. The van der Waals surface area contributed by atoms with Crippen LogP contribution in [0.25, 0.3) is 55.9 Å². The number of aromatic carboxylic acids is 1. The smallest absolute Gasteiger partial charge is 0.335 e. The number of aromatic nitrogens is 5. The highest BCUT2D eigenvalue weighted by atomic mass is 35.5. The highest BCUT2D eigenvalue weighted by Gasteiger charge is 2.56. The first-order chi connectivity index (χ1) is 70.9. The number of nitrogens with one attached hydrogen (secondary N) is 2. The van der Waals surface area contributed by atoms with Crippen molar-refractivity contribution < 1.29 is 101 Å². The zero-order valence-electron chi connectivity index (χ0n) is 78.9. The minimum absolute atomic E-state index is 0. The number of halogens is 3. The fourth-order valence-corrected chi connectivity index (χ4v) is 19.8. The van der Waals surface area contributed by atoms with E-state index >= 15 is 0 Å². The van der Waals surface area contributed by atoms with Gasteiger partial charge >= 0.3 is 5.97 Å². The van der Waals surface area contributed by atoms with Gasteiger partial charge in [0, 0.05) is 103 Å². The number of carbonyl (C=O) groups is 6. The van der Waals surface area contributed by atoms with E-state index in [1.807, 2.05) is 188 Å². The highest BCUT2D eigenvalue weighted by molar-refractivity contribution is 7.89. The van der Waals surface area contributed by atoms with Crippen molar-refractivity contribution in [3.63, 3.8) is 0 Å². The third-order valence-corrected chi connectivity index (χ3v) is 30.0. The van der Waals surface area contributed by atoms with Crippen LogP contribution in [-0.4, -0.2) is 114 Å². The second kappa shape index (κ2) is 40.1. The van der Waals surface area contributed by atoms with Gasteiger partial charge in [0.1, 0.15) is 29.0 Å². The van der Waals surface area contributed by atoms with Gasteiger partial charge < -0.3 is 57.8 Å². The normalized spacial score (nSPS) is 15.9. The second-order valence-corrected chi connectivity index (χ2v) is 39.6. The van der Waals surface area contributed by atoms with Crippen molar-refractivity contribution in [2.45, 2.75) is 122 Å². The summed E-state index contributed by atoms with van der Waals surface area (Å²) in [5, 5.41) is 12.7. The number of hydrogen-bond donors (Lipinski definition) is 3. The molecule has 0 radical (unpaired) electrons. The lowest BCUT2D eigenvalue weighted by molar-refractivity contribution is -0.121. The Morgan fingerprint density at radius 2 is 0.692 bits per heavy atom. The highest BCUT2D eigenvalue weighted by Crippen LogP contribution is 2.57. The van der Waals surface area contributed by atoms with Crippen molar-refractivity contribution in [3.8, 4) is 113 Å². The lowest BCUT2D eigenvalue weighted by Gasteiger charge is -2.16. The maximum absolute atomic E-state index is 14.1. The molecule has 5 aliphatic heterocycles. The Bertz CT molecular complexity index is 7720. The van der Waals surface area contributed by atoms with Crippen molar-refractivity contribution in [3.05, 3.63) is 377 Å². The third kappa shape index (κ3) is 20.2. The average Bonchev–Trinajstić information content (AvgIpc) is 1.61. The number of amides is 1. The predicted molar refractivity (Wildman–Crippen MR) is 542 cm³/mol. The average molecular weight is 2000 g/mol. The Morgan fingerprint density at radius 3 is 1.07 bits per heavy atom. The molecule has 15 aromatic rings. The van der Waals surface area contributed by atoms with Crippen LogP contribution in [0.2, 0.25) is 5.02 Å². The van der Waals surface area contributed by atoms with Gasteiger partial charge in [-0.3, -0.25) is 43.9 Å². The molecule has 10 heterocycles. The molecule has 3 N–H and O–H groups in total. The zero-order valence-corrected chi connectivity index (χ0v) is 80.4. The van der Waals surface area contributed by atoms with Crippen LogP contribution in [-0.2, 0) is 86.8 Å². The molecule has 5 fully saturated rings. The molecule has 0 unspecified atom stereocenters. The van der Waals surface area contributed by atoms with Crippen LogP contribution in [0.3, 0.4) is 0 Å². The number of nitrogens with zero attached hydrogens (tertiary/aromatic N) is 5. The molecule has 10 aromatic carbocycles. The van der Waals surface area contributed by atoms with Crippen LogP contribution in [0.15, 0.2) is 309 Å². The molecular formula is C116H98ClF2N7O19S. The summed E-state index contributed by atoms with van der Waals surface area (Å²) in [6.07, 6.45) is 14.7. The molecule has 5 aliphatic carbocycles. The molecule has 5 saturated carbocycles. The zero-order chi connectivity index (χ0) is 100. The van der Waals surface area contributed by atoms with Crippen LogP contribution in [0.5, 0.6) is 57.5 Å². The van der Waals surface area contributed by atoms with E-state index in [1.54, 1.807) is 72.9 Å². The Balaban J connectivity index is 0.000000116. The van der Waals surface area contributed by atoms with Crippen LogP contribution >= 0.6 is 11.6 Å². The fraction of sp³-hybridized carbons (Fsp3) is 0.216. The first-order valence-corrected chi connectivity index (χ1v) is 49.6. The summed E-state index contributed by atoms with van der Waals surface area (Å²) in [7, 11) is -2.14. The molecular weight excluding hydrogens is 1900 g/mol.